The normalized spacial score (nSPS) is 23.1. The Morgan fingerprint density at radius 3 is 2.33 bits per heavy atom. The van der Waals surface area contributed by atoms with Crippen molar-refractivity contribution in [3.63, 3.8) is 0 Å². The van der Waals surface area contributed by atoms with Gasteiger partial charge in [0, 0.05) is 42.4 Å². The number of hydrogen-bond acceptors (Lipinski definition) is 9. The molecule has 2 N–H and O–H groups in total. The summed E-state index contributed by atoms with van der Waals surface area (Å²) >= 11 is 0. The second-order valence-corrected chi connectivity index (χ2v) is 9.27. The lowest BCUT2D eigenvalue weighted by molar-refractivity contribution is 0.0974. The van der Waals surface area contributed by atoms with Gasteiger partial charge in [0.05, 0.1) is 38.0 Å². The van der Waals surface area contributed by atoms with Crippen LogP contribution in [0, 0.1) is 0 Å². The Hall–Kier alpha value is -3.83. The van der Waals surface area contributed by atoms with E-state index in [0.717, 1.165) is 25.1 Å². The third-order valence-electron chi connectivity index (χ3n) is 6.73. The molecule has 3 atom stereocenters. The van der Waals surface area contributed by atoms with E-state index in [1.165, 1.54) is 0 Å². The minimum Gasteiger partial charge on any atom is -0.377 e. The van der Waals surface area contributed by atoms with Crippen LogP contribution in [0.4, 0.5) is 28.1 Å². The molecule has 0 radical (unpaired) electrons. The molecule has 11 heteroatoms. The van der Waals surface area contributed by atoms with Crippen LogP contribution < -0.4 is 20.4 Å². The number of anilines is 4. The summed E-state index contributed by atoms with van der Waals surface area (Å²) in [5.41, 5.74) is 2.18. The third-order valence-corrected chi connectivity index (χ3v) is 6.73. The van der Waals surface area contributed by atoms with Crippen LogP contribution in [-0.2, 0) is 9.47 Å². The molecule has 1 aromatic carbocycles. The molecule has 0 saturated carbocycles. The molecule has 0 spiro atoms. The molecule has 2 amide bonds. The molecule has 186 valence electrons. The molecule has 6 rings (SSSR count). The number of morpholine rings is 2. The number of hydrogen-bond donors (Lipinski definition) is 2. The smallest absolute Gasteiger partial charge is 0.323 e. The van der Waals surface area contributed by atoms with Crippen molar-refractivity contribution in [3.8, 4) is 11.4 Å². The van der Waals surface area contributed by atoms with E-state index in [4.69, 9.17) is 24.4 Å². The van der Waals surface area contributed by atoms with Crippen LogP contribution in [0.3, 0.4) is 0 Å². The second-order valence-electron chi connectivity index (χ2n) is 9.27. The van der Waals surface area contributed by atoms with Crippen LogP contribution in [0.25, 0.3) is 11.4 Å². The van der Waals surface area contributed by atoms with E-state index >= 15 is 0 Å². The van der Waals surface area contributed by atoms with Gasteiger partial charge < -0.3 is 29.9 Å². The van der Waals surface area contributed by atoms with Crippen LogP contribution in [0.5, 0.6) is 0 Å². The number of aromatic nitrogens is 4. The molecule has 0 unspecified atom stereocenters. The summed E-state index contributed by atoms with van der Waals surface area (Å²) in [5.74, 6) is 1.95. The Bertz CT molecular complexity index is 1210. The van der Waals surface area contributed by atoms with E-state index in [0.29, 0.717) is 55.0 Å². The molecule has 3 aliphatic rings. The molecule has 36 heavy (non-hydrogen) atoms. The molecule has 0 aliphatic carbocycles. The minimum atomic E-state index is -0.328. The maximum atomic E-state index is 12.3. The number of carbonyl (C=O) groups excluding carboxylic acids is 1. The summed E-state index contributed by atoms with van der Waals surface area (Å²) in [6.07, 6.45) is 4.50. The highest BCUT2D eigenvalue weighted by molar-refractivity contribution is 5.99. The van der Waals surface area contributed by atoms with Crippen molar-refractivity contribution < 1.29 is 14.3 Å². The maximum Gasteiger partial charge on any atom is 0.323 e. The van der Waals surface area contributed by atoms with Gasteiger partial charge in [-0.05, 0) is 49.7 Å². The lowest BCUT2D eigenvalue weighted by atomic mass is 10.2. The number of benzene rings is 1. The van der Waals surface area contributed by atoms with Crippen molar-refractivity contribution in [1.29, 1.82) is 0 Å². The first-order valence-corrected chi connectivity index (χ1v) is 12.2. The molecule has 5 heterocycles. The zero-order valence-electron chi connectivity index (χ0n) is 20.0. The summed E-state index contributed by atoms with van der Waals surface area (Å²) in [7, 11) is 0. The fourth-order valence-electron chi connectivity index (χ4n) is 4.84. The van der Waals surface area contributed by atoms with E-state index in [1.54, 1.807) is 24.5 Å². The van der Waals surface area contributed by atoms with Gasteiger partial charge in [-0.15, -0.1) is 0 Å². The standard InChI is InChI=1S/C25H28N8O3/c1-16-14-35-11-10-32(16)23-29-22(30-24(31-23)33-13-21-12-20(33)15-36-21)17-2-4-18(5-3-17)27-25(34)28-19-6-8-26-9-7-19/h2-9,16,20-21H,10-15H2,1H3,(H2,26,27,28,34)/t16-,20+,21+/m1/s1. The molecule has 2 bridgehead atoms. The number of ether oxygens (including phenoxy) is 2. The fourth-order valence-corrected chi connectivity index (χ4v) is 4.84. The summed E-state index contributed by atoms with van der Waals surface area (Å²) < 4.78 is 11.4. The Morgan fingerprint density at radius 2 is 1.67 bits per heavy atom. The SMILES string of the molecule is C[C@@H]1COCCN1c1nc(-c2ccc(NC(=O)Nc3ccncc3)cc2)nc(N2C[C@@H]3C[C@H]2CO3)n1. The van der Waals surface area contributed by atoms with Crippen molar-refractivity contribution >= 4 is 29.3 Å². The summed E-state index contributed by atoms with van der Waals surface area (Å²) in [5, 5.41) is 5.63. The highest BCUT2D eigenvalue weighted by atomic mass is 16.5. The first-order chi connectivity index (χ1) is 17.6. The van der Waals surface area contributed by atoms with Gasteiger partial charge in [-0.2, -0.15) is 15.0 Å². The van der Waals surface area contributed by atoms with Gasteiger partial charge in [0.15, 0.2) is 5.82 Å². The van der Waals surface area contributed by atoms with E-state index in [9.17, 15) is 4.79 Å². The fraction of sp³-hybridized carbons (Fsp3) is 0.400. The molecule has 3 saturated heterocycles. The third kappa shape index (κ3) is 4.67. The number of nitrogens with one attached hydrogen (secondary N) is 2. The number of nitrogens with zero attached hydrogens (tertiary/aromatic N) is 6. The zero-order valence-corrected chi connectivity index (χ0v) is 20.0. The Balaban J connectivity index is 1.25. The van der Waals surface area contributed by atoms with Gasteiger partial charge in [-0.25, -0.2) is 4.79 Å². The molecular formula is C25H28N8O3. The Kier molecular flexibility index (Phi) is 6.08. The second kappa shape index (κ2) is 9.67. The van der Waals surface area contributed by atoms with Gasteiger partial charge in [-0.3, -0.25) is 4.98 Å². The average molecular weight is 489 g/mol. The molecule has 11 nitrogen and oxygen atoms in total. The van der Waals surface area contributed by atoms with E-state index in [1.807, 2.05) is 24.3 Å². The summed E-state index contributed by atoms with van der Waals surface area (Å²) in [6.45, 7) is 5.63. The van der Waals surface area contributed by atoms with Crippen molar-refractivity contribution in [2.75, 3.05) is 53.3 Å². The monoisotopic (exact) mass is 488 g/mol. The summed E-state index contributed by atoms with van der Waals surface area (Å²) in [6, 6.07) is 11.1. The number of rotatable bonds is 5. The highest BCUT2D eigenvalue weighted by Gasteiger charge is 2.41. The van der Waals surface area contributed by atoms with Gasteiger partial charge in [0.1, 0.15) is 0 Å². The van der Waals surface area contributed by atoms with Crippen LogP contribution in [0.15, 0.2) is 48.8 Å². The molecule has 2 aromatic heterocycles. The number of fused-ring (bicyclic) bond motifs is 2. The van der Waals surface area contributed by atoms with Crippen LogP contribution >= 0.6 is 0 Å². The van der Waals surface area contributed by atoms with E-state index in [2.05, 4.69) is 32.3 Å². The minimum absolute atomic E-state index is 0.172. The predicted molar refractivity (Wildman–Crippen MR) is 135 cm³/mol. The number of amides is 2. The Morgan fingerprint density at radius 1 is 0.944 bits per heavy atom. The first kappa shape index (κ1) is 22.6. The lowest BCUT2D eigenvalue weighted by Crippen LogP contribution is -2.45. The molecule has 3 aromatic rings. The van der Waals surface area contributed by atoms with Crippen molar-refractivity contribution in [2.24, 2.45) is 0 Å². The molecular weight excluding hydrogens is 460 g/mol. The molecule has 3 fully saturated rings. The van der Waals surface area contributed by atoms with Crippen molar-refractivity contribution in [3.05, 3.63) is 48.8 Å². The topological polar surface area (TPSA) is 118 Å². The van der Waals surface area contributed by atoms with Gasteiger partial charge in [0.2, 0.25) is 11.9 Å². The van der Waals surface area contributed by atoms with Crippen molar-refractivity contribution in [1.82, 2.24) is 19.9 Å². The van der Waals surface area contributed by atoms with Crippen LogP contribution in [0.2, 0.25) is 0 Å². The van der Waals surface area contributed by atoms with E-state index < -0.39 is 0 Å². The summed E-state index contributed by atoms with van der Waals surface area (Å²) in [4.78, 5) is 35.3. The highest BCUT2D eigenvalue weighted by Crippen LogP contribution is 2.33. The quantitative estimate of drug-likeness (QED) is 0.559. The number of carbonyl (C=O) groups is 1. The van der Waals surface area contributed by atoms with Crippen LogP contribution in [-0.4, -0.2) is 77.1 Å². The average Bonchev–Trinajstić information content (AvgIpc) is 3.54. The van der Waals surface area contributed by atoms with Gasteiger partial charge in [0.25, 0.3) is 0 Å². The number of urea groups is 1. The van der Waals surface area contributed by atoms with E-state index in [-0.39, 0.29) is 18.2 Å². The van der Waals surface area contributed by atoms with Crippen LogP contribution in [0.1, 0.15) is 13.3 Å². The Labute approximate surface area is 208 Å². The lowest BCUT2D eigenvalue weighted by Gasteiger charge is -2.34. The first-order valence-electron chi connectivity index (χ1n) is 12.2. The predicted octanol–water partition coefficient (Wildman–Crippen LogP) is 2.78. The zero-order chi connectivity index (χ0) is 24.5. The number of pyridine rings is 1. The largest absolute Gasteiger partial charge is 0.377 e. The maximum absolute atomic E-state index is 12.3. The van der Waals surface area contributed by atoms with Gasteiger partial charge in [-0.1, -0.05) is 0 Å². The van der Waals surface area contributed by atoms with Gasteiger partial charge >= 0.3 is 6.03 Å². The molecule has 3 aliphatic heterocycles. The van der Waals surface area contributed by atoms with Crippen molar-refractivity contribution in [2.45, 2.75) is 31.5 Å².